The van der Waals surface area contributed by atoms with Crippen molar-refractivity contribution in [3.63, 3.8) is 0 Å². The van der Waals surface area contributed by atoms with Crippen LogP contribution < -0.4 is 19.9 Å². The summed E-state index contributed by atoms with van der Waals surface area (Å²) in [5.74, 6) is -1.53. The molecule has 208 valence electrons. The number of aliphatic carboxylic acids is 1. The number of rotatable bonds is 11. The Morgan fingerprint density at radius 3 is 2.31 bits per heavy atom. The highest BCUT2D eigenvalue weighted by molar-refractivity contribution is 7.89. The maximum Gasteiger partial charge on any atom is 0.335 e. The van der Waals surface area contributed by atoms with Crippen LogP contribution >= 0.6 is 0 Å². The van der Waals surface area contributed by atoms with Gasteiger partial charge in [-0.1, -0.05) is 37.6 Å². The Labute approximate surface area is 226 Å². The number of nitrogens with one attached hydrogen (secondary N) is 1. The summed E-state index contributed by atoms with van der Waals surface area (Å²) >= 11 is 0. The van der Waals surface area contributed by atoms with Gasteiger partial charge in [-0.25, -0.2) is 23.1 Å². The Morgan fingerprint density at radius 1 is 1.05 bits per heavy atom. The second-order valence-corrected chi connectivity index (χ2v) is 9.53. The molecule has 0 amide bonds. The van der Waals surface area contributed by atoms with Gasteiger partial charge in [-0.2, -0.15) is 0 Å². The smallest absolute Gasteiger partial charge is 0.335 e. The molecule has 3 aromatic rings. The molecule has 0 radical (unpaired) electrons. The number of phenolic OH excluding ortho intramolecular Hbond substituents is 1. The zero-order valence-electron chi connectivity index (χ0n) is 21.3. The molecule has 0 aliphatic carbocycles. The minimum absolute atomic E-state index is 0.0187. The first-order chi connectivity index (χ1) is 18.5. The number of aromatic carboxylic acids is 1. The summed E-state index contributed by atoms with van der Waals surface area (Å²) in [7, 11) is -2.76. The summed E-state index contributed by atoms with van der Waals surface area (Å²) in [6.45, 7) is 2.54. The van der Waals surface area contributed by atoms with Crippen molar-refractivity contribution in [2.45, 2.75) is 24.7 Å². The highest BCUT2D eigenvalue weighted by Gasteiger charge is 2.23. The van der Waals surface area contributed by atoms with Gasteiger partial charge in [0.15, 0.2) is 17.2 Å². The van der Waals surface area contributed by atoms with Crippen molar-refractivity contribution in [1.82, 2.24) is 0 Å². The van der Waals surface area contributed by atoms with E-state index >= 15 is 0 Å². The van der Waals surface area contributed by atoms with Crippen LogP contribution in [0, 0.1) is 0 Å². The Hall–Kier alpha value is -4.55. The van der Waals surface area contributed by atoms with Crippen LogP contribution in [0.1, 0.15) is 35.7 Å². The number of ether oxygens (including phenoxy) is 2. The lowest BCUT2D eigenvalue weighted by atomic mass is 10.1. The van der Waals surface area contributed by atoms with Gasteiger partial charge >= 0.3 is 11.9 Å². The molecule has 0 unspecified atom stereocenters. The Balaban J connectivity index is 0.000000322. The van der Waals surface area contributed by atoms with Gasteiger partial charge < -0.3 is 30.1 Å². The monoisotopic (exact) mass is 558 g/mol. The molecule has 0 aliphatic heterocycles. The maximum atomic E-state index is 12.0. The van der Waals surface area contributed by atoms with Crippen LogP contribution in [-0.2, 0) is 14.8 Å². The summed E-state index contributed by atoms with van der Waals surface area (Å²) in [6, 6.07) is 15.5. The molecule has 11 nitrogen and oxygen atoms in total. The molecule has 0 saturated heterocycles. The van der Waals surface area contributed by atoms with Crippen LogP contribution in [0.25, 0.3) is 6.08 Å². The van der Waals surface area contributed by atoms with Crippen molar-refractivity contribution in [2.75, 3.05) is 19.0 Å². The number of carboxylic acid groups (broad SMARTS) is 2. The largest absolute Gasteiger partial charge is 0.504 e. The minimum Gasteiger partial charge on any atom is -0.504 e. The zero-order chi connectivity index (χ0) is 29.0. The van der Waals surface area contributed by atoms with Crippen LogP contribution in [0.15, 0.2) is 71.6 Å². The normalized spacial score (nSPS) is 10.8. The highest BCUT2D eigenvalue weighted by atomic mass is 32.2. The number of primary sulfonamides is 1. The number of benzene rings is 3. The topological polar surface area (TPSA) is 185 Å². The molecule has 0 aliphatic rings. The van der Waals surface area contributed by atoms with Crippen LogP contribution in [0.5, 0.6) is 23.0 Å². The van der Waals surface area contributed by atoms with Crippen LogP contribution in [-0.4, -0.2) is 49.3 Å². The van der Waals surface area contributed by atoms with E-state index in [2.05, 4.69) is 5.32 Å². The first kappa shape index (κ1) is 30.7. The number of nitrogens with two attached hydrogens (primary N) is 1. The molecule has 6 N–H and O–H groups in total. The standard InChI is InChI=1S/C17H20N2O5S.C10H10O4/c1-2-3-9-19-14-10-12(17(20)21)11-15(25(18,22)23)16(14)24-13-7-5-4-6-8-13;1-14-9-6-7(2-4-8(9)11)3-5-10(12)13/h4-8,10-11,19H,2-3,9H2,1H3,(H,20,21)(H2,18,22,23);2-6,11H,1H3,(H,12,13)/b;5-3+. The van der Waals surface area contributed by atoms with E-state index in [-0.39, 0.29) is 27.6 Å². The van der Waals surface area contributed by atoms with Gasteiger partial charge in [0.25, 0.3) is 0 Å². The molecular formula is C27H30N2O9S. The predicted octanol–water partition coefficient (Wildman–Crippen LogP) is 4.54. The van der Waals surface area contributed by atoms with Crippen molar-refractivity contribution < 1.29 is 42.8 Å². The number of unbranched alkanes of at least 4 members (excludes halogenated alkanes) is 1. The Kier molecular flexibility index (Phi) is 11.3. The molecule has 3 rings (SSSR count). The molecular weight excluding hydrogens is 528 g/mol. The third-order valence-corrected chi connectivity index (χ3v) is 5.96. The zero-order valence-corrected chi connectivity index (χ0v) is 22.1. The summed E-state index contributed by atoms with van der Waals surface area (Å²) in [5, 5.41) is 35.2. The quantitative estimate of drug-likeness (QED) is 0.165. The molecule has 0 saturated carbocycles. The molecule has 0 fully saturated rings. The average Bonchev–Trinajstić information content (AvgIpc) is 2.89. The number of aromatic hydroxyl groups is 1. The van der Waals surface area contributed by atoms with Crippen LogP contribution in [0.4, 0.5) is 5.69 Å². The Bertz CT molecular complexity index is 1420. The van der Waals surface area contributed by atoms with Gasteiger partial charge in [-0.15, -0.1) is 0 Å². The third kappa shape index (κ3) is 9.68. The Morgan fingerprint density at radius 2 is 1.74 bits per heavy atom. The van der Waals surface area contributed by atoms with Gasteiger partial charge in [0, 0.05) is 12.6 Å². The molecule has 39 heavy (non-hydrogen) atoms. The van der Waals surface area contributed by atoms with Gasteiger partial charge in [0.1, 0.15) is 10.6 Å². The summed E-state index contributed by atoms with van der Waals surface area (Å²) in [5.41, 5.74) is 0.728. The summed E-state index contributed by atoms with van der Waals surface area (Å²) < 4.78 is 34.5. The number of sulfonamides is 1. The molecule has 0 aromatic heterocycles. The van der Waals surface area contributed by atoms with E-state index < -0.39 is 22.0 Å². The lowest BCUT2D eigenvalue weighted by Crippen LogP contribution is -2.16. The number of anilines is 1. The first-order valence-corrected chi connectivity index (χ1v) is 13.2. The van der Waals surface area contributed by atoms with Crippen molar-refractivity contribution in [1.29, 1.82) is 0 Å². The van der Waals surface area contributed by atoms with E-state index in [9.17, 15) is 28.2 Å². The number of methoxy groups -OCH3 is 1. The van der Waals surface area contributed by atoms with Crippen molar-refractivity contribution >= 4 is 33.7 Å². The van der Waals surface area contributed by atoms with Crippen molar-refractivity contribution in [2.24, 2.45) is 5.14 Å². The maximum absolute atomic E-state index is 12.0. The first-order valence-electron chi connectivity index (χ1n) is 11.6. The van der Waals surface area contributed by atoms with Crippen LogP contribution in [0.2, 0.25) is 0 Å². The molecule has 0 heterocycles. The van der Waals surface area contributed by atoms with Gasteiger partial charge in [0.05, 0.1) is 18.4 Å². The summed E-state index contributed by atoms with van der Waals surface area (Å²) in [6.07, 6.45) is 4.19. The number of hydrogen-bond donors (Lipinski definition) is 5. The molecule has 12 heteroatoms. The van der Waals surface area contributed by atoms with Crippen molar-refractivity contribution in [3.05, 3.63) is 77.9 Å². The lowest BCUT2D eigenvalue weighted by molar-refractivity contribution is -0.131. The van der Waals surface area contributed by atoms with E-state index in [1.54, 1.807) is 42.5 Å². The number of para-hydroxylation sites is 1. The van der Waals surface area contributed by atoms with E-state index in [1.165, 1.54) is 25.3 Å². The van der Waals surface area contributed by atoms with E-state index in [1.807, 2.05) is 6.92 Å². The minimum atomic E-state index is -4.19. The lowest BCUT2D eigenvalue weighted by Gasteiger charge is -2.17. The SMILES string of the molecule is CCCCNc1cc(C(=O)O)cc(S(N)(=O)=O)c1Oc1ccccc1.COc1cc(/C=C/C(=O)O)ccc1O. The number of carbonyl (C=O) groups is 2. The fraction of sp³-hybridized carbons (Fsp3) is 0.185. The predicted molar refractivity (Wildman–Crippen MR) is 146 cm³/mol. The van der Waals surface area contributed by atoms with Crippen molar-refractivity contribution in [3.8, 4) is 23.0 Å². The van der Waals surface area contributed by atoms with E-state index in [0.29, 0.717) is 23.6 Å². The molecule has 0 atom stereocenters. The average molecular weight is 559 g/mol. The van der Waals surface area contributed by atoms with Gasteiger partial charge in [-0.05, 0) is 54.5 Å². The van der Waals surface area contributed by atoms with Gasteiger partial charge in [-0.3, -0.25) is 0 Å². The highest BCUT2D eigenvalue weighted by Crippen LogP contribution is 2.37. The second kappa shape index (κ2) is 14.4. The molecule has 3 aromatic carbocycles. The fourth-order valence-electron chi connectivity index (χ4n) is 3.15. The van der Waals surface area contributed by atoms with E-state index in [4.69, 9.17) is 19.7 Å². The van der Waals surface area contributed by atoms with E-state index in [0.717, 1.165) is 25.0 Å². The second-order valence-electron chi connectivity index (χ2n) is 8.00. The summed E-state index contributed by atoms with van der Waals surface area (Å²) in [4.78, 5) is 21.2. The number of phenols is 1. The van der Waals surface area contributed by atoms with Crippen LogP contribution in [0.3, 0.4) is 0 Å². The number of carboxylic acids is 2. The fourth-order valence-corrected chi connectivity index (χ4v) is 3.85. The third-order valence-electron chi connectivity index (χ3n) is 5.04. The molecule has 0 spiro atoms. The van der Waals surface area contributed by atoms with Gasteiger partial charge in [0.2, 0.25) is 10.0 Å². The number of hydrogen-bond acceptors (Lipinski definition) is 8. The molecule has 0 bridgehead atoms.